The highest BCUT2D eigenvalue weighted by Crippen LogP contribution is 2.26. The fraction of sp³-hybridized carbons (Fsp3) is 0.647. The molecular weight excluding hydrogens is 264 g/mol. The normalized spacial score (nSPS) is 11.8. The Morgan fingerprint density at radius 2 is 1.90 bits per heavy atom. The van der Waals surface area contributed by atoms with Crippen molar-refractivity contribution in [3.8, 4) is 11.5 Å². The third kappa shape index (κ3) is 5.56. The van der Waals surface area contributed by atoms with Gasteiger partial charge in [-0.1, -0.05) is 20.8 Å². The molecule has 21 heavy (non-hydrogen) atoms. The lowest BCUT2D eigenvalue weighted by Gasteiger charge is -2.32. The van der Waals surface area contributed by atoms with Crippen molar-refractivity contribution in [2.75, 3.05) is 33.9 Å². The molecule has 1 rings (SSSR count). The first-order chi connectivity index (χ1) is 9.95. The van der Waals surface area contributed by atoms with Crippen LogP contribution in [0.3, 0.4) is 0 Å². The van der Waals surface area contributed by atoms with Gasteiger partial charge in [0.05, 0.1) is 14.2 Å². The van der Waals surface area contributed by atoms with Gasteiger partial charge in [0.1, 0.15) is 11.5 Å². The molecule has 0 radical (unpaired) electrons. The smallest absolute Gasteiger partial charge is 0.123 e. The molecule has 0 amide bonds. The lowest BCUT2D eigenvalue weighted by Crippen LogP contribution is -2.38. The molecule has 4 heteroatoms. The van der Waals surface area contributed by atoms with E-state index in [0.717, 1.165) is 43.1 Å². The summed E-state index contributed by atoms with van der Waals surface area (Å²) in [7, 11) is 3.40. The van der Waals surface area contributed by atoms with E-state index in [1.807, 2.05) is 12.1 Å². The molecule has 0 unspecified atom stereocenters. The number of hydrogen-bond acceptors (Lipinski definition) is 4. The van der Waals surface area contributed by atoms with Crippen LogP contribution in [0.5, 0.6) is 11.5 Å². The van der Waals surface area contributed by atoms with Crippen molar-refractivity contribution in [3.05, 3.63) is 23.8 Å². The van der Waals surface area contributed by atoms with Crippen molar-refractivity contribution >= 4 is 0 Å². The van der Waals surface area contributed by atoms with Gasteiger partial charge in [-0.3, -0.25) is 4.90 Å². The van der Waals surface area contributed by atoms with Gasteiger partial charge in [0.25, 0.3) is 0 Å². The van der Waals surface area contributed by atoms with Crippen LogP contribution in [0.2, 0.25) is 0 Å². The molecule has 2 N–H and O–H groups in total. The second-order valence-corrected chi connectivity index (χ2v) is 6.26. The van der Waals surface area contributed by atoms with Crippen molar-refractivity contribution in [3.63, 3.8) is 0 Å². The van der Waals surface area contributed by atoms with Crippen molar-refractivity contribution in [2.45, 2.75) is 33.7 Å². The van der Waals surface area contributed by atoms with Gasteiger partial charge in [0.15, 0.2) is 0 Å². The van der Waals surface area contributed by atoms with Crippen molar-refractivity contribution < 1.29 is 9.47 Å². The summed E-state index contributed by atoms with van der Waals surface area (Å²) >= 11 is 0. The molecule has 0 fully saturated rings. The largest absolute Gasteiger partial charge is 0.497 e. The Bertz CT molecular complexity index is 433. The maximum absolute atomic E-state index is 5.87. The average molecular weight is 294 g/mol. The zero-order valence-corrected chi connectivity index (χ0v) is 14.1. The van der Waals surface area contributed by atoms with Crippen LogP contribution in [0.1, 0.15) is 32.8 Å². The van der Waals surface area contributed by atoms with Crippen LogP contribution in [0.4, 0.5) is 0 Å². The van der Waals surface area contributed by atoms with Crippen LogP contribution in [0, 0.1) is 5.41 Å². The predicted octanol–water partition coefficient (Wildman–Crippen LogP) is 2.90. The Hall–Kier alpha value is -1.26. The lowest BCUT2D eigenvalue weighted by atomic mass is 9.92. The minimum Gasteiger partial charge on any atom is -0.497 e. The summed E-state index contributed by atoms with van der Waals surface area (Å²) in [6.45, 7) is 10.2. The van der Waals surface area contributed by atoms with Crippen molar-refractivity contribution in [1.29, 1.82) is 0 Å². The van der Waals surface area contributed by atoms with Gasteiger partial charge in [-0.05, 0) is 43.1 Å². The third-order valence-corrected chi connectivity index (χ3v) is 3.63. The summed E-state index contributed by atoms with van der Waals surface area (Å²) in [5, 5.41) is 0. The van der Waals surface area contributed by atoms with Gasteiger partial charge in [0, 0.05) is 18.7 Å². The minimum atomic E-state index is 0.112. The molecule has 0 saturated heterocycles. The molecule has 0 heterocycles. The highest BCUT2D eigenvalue weighted by Gasteiger charge is 2.21. The maximum atomic E-state index is 5.87. The first-order valence-corrected chi connectivity index (χ1v) is 7.59. The summed E-state index contributed by atoms with van der Waals surface area (Å²) < 4.78 is 10.8. The first kappa shape index (κ1) is 17.8. The lowest BCUT2D eigenvalue weighted by molar-refractivity contribution is 0.174. The van der Waals surface area contributed by atoms with E-state index < -0.39 is 0 Å². The molecule has 0 bridgehead atoms. The van der Waals surface area contributed by atoms with E-state index in [9.17, 15) is 0 Å². The minimum absolute atomic E-state index is 0.112. The molecule has 4 nitrogen and oxygen atoms in total. The number of benzene rings is 1. The molecule has 0 aliphatic carbocycles. The Morgan fingerprint density at radius 1 is 1.19 bits per heavy atom. The van der Waals surface area contributed by atoms with Crippen LogP contribution in [-0.2, 0) is 6.54 Å². The van der Waals surface area contributed by atoms with E-state index in [1.54, 1.807) is 14.2 Å². The second-order valence-electron chi connectivity index (χ2n) is 6.26. The van der Waals surface area contributed by atoms with E-state index >= 15 is 0 Å². The topological polar surface area (TPSA) is 47.7 Å². The molecule has 0 aliphatic rings. The van der Waals surface area contributed by atoms with Gasteiger partial charge < -0.3 is 15.2 Å². The molecular formula is C17H30N2O2. The summed E-state index contributed by atoms with van der Waals surface area (Å²) in [5.41, 5.74) is 7.14. The fourth-order valence-electron chi connectivity index (χ4n) is 2.45. The van der Waals surface area contributed by atoms with Crippen LogP contribution < -0.4 is 15.2 Å². The van der Waals surface area contributed by atoms with E-state index in [4.69, 9.17) is 15.2 Å². The highest BCUT2D eigenvalue weighted by atomic mass is 16.5. The first-order valence-electron chi connectivity index (χ1n) is 7.59. The fourth-order valence-corrected chi connectivity index (χ4v) is 2.45. The zero-order chi connectivity index (χ0) is 15.9. The van der Waals surface area contributed by atoms with Crippen molar-refractivity contribution in [1.82, 2.24) is 4.90 Å². The van der Waals surface area contributed by atoms with Gasteiger partial charge in [0.2, 0.25) is 0 Å². The second kappa shape index (κ2) is 8.25. The van der Waals surface area contributed by atoms with Gasteiger partial charge in [-0.25, -0.2) is 0 Å². The molecule has 0 saturated carbocycles. The van der Waals surface area contributed by atoms with E-state index in [-0.39, 0.29) is 5.41 Å². The van der Waals surface area contributed by atoms with E-state index in [0.29, 0.717) is 6.54 Å². The molecule has 1 aromatic rings. The average Bonchev–Trinajstić information content (AvgIpc) is 2.47. The Kier molecular flexibility index (Phi) is 6.99. The van der Waals surface area contributed by atoms with Crippen LogP contribution in [-0.4, -0.2) is 38.8 Å². The number of nitrogens with zero attached hydrogens (tertiary/aromatic N) is 1. The van der Waals surface area contributed by atoms with Gasteiger partial charge in [-0.15, -0.1) is 0 Å². The quantitative estimate of drug-likeness (QED) is 0.761. The van der Waals surface area contributed by atoms with Gasteiger partial charge >= 0.3 is 0 Å². The molecule has 1 aromatic carbocycles. The van der Waals surface area contributed by atoms with E-state index in [2.05, 4.69) is 31.7 Å². The molecule has 120 valence electrons. The zero-order valence-electron chi connectivity index (χ0n) is 14.1. The summed E-state index contributed by atoms with van der Waals surface area (Å²) in [4.78, 5) is 2.43. The molecule has 0 spiro atoms. The predicted molar refractivity (Wildman–Crippen MR) is 87.9 cm³/mol. The van der Waals surface area contributed by atoms with Crippen LogP contribution in [0.25, 0.3) is 0 Å². The van der Waals surface area contributed by atoms with Crippen molar-refractivity contribution in [2.24, 2.45) is 11.1 Å². The van der Waals surface area contributed by atoms with Gasteiger partial charge in [-0.2, -0.15) is 0 Å². The number of methoxy groups -OCH3 is 2. The summed E-state index contributed by atoms with van der Waals surface area (Å²) in [6, 6.07) is 5.94. The van der Waals surface area contributed by atoms with Crippen LogP contribution in [0.15, 0.2) is 18.2 Å². The SMILES string of the molecule is CCCN(Cc1cc(OC)ccc1OC)CC(C)(C)CN. The number of rotatable bonds is 9. The third-order valence-electron chi connectivity index (χ3n) is 3.63. The number of ether oxygens (including phenoxy) is 2. The Balaban J connectivity index is 2.92. The maximum Gasteiger partial charge on any atom is 0.123 e. The molecule has 0 aliphatic heterocycles. The number of nitrogens with two attached hydrogens (primary N) is 1. The highest BCUT2D eigenvalue weighted by molar-refractivity contribution is 5.40. The van der Waals surface area contributed by atoms with E-state index in [1.165, 1.54) is 0 Å². The summed E-state index contributed by atoms with van der Waals surface area (Å²) in [5.74, 6) is 1.77. The Morgan fingerprint density at radius 3 is 2.43 bits per heavy atom. The number of hydrogen-bond donors (Lipinski definition) is 1. The standard InChI is InChI=1S/C17H30N2O2/c1-6-9-19(13-17(2,3)12-18)11-14-10-15(20-4)7-8-16(14)21-5/h7-8,10H,6,9,11-13,18H2,1-5H3. The summed E-state index contributed by atoms with van der Waals surface area (Å²) in [6.07, 6.45) is 1.12. The Labute approximate surface area is 129 Å². The molecule has 0 aromatic heterocycles. The van der Waals surface area contributed by atoms with Crippen LogP contribution >= 0.6 is 0 Å². The molecule has 0 atom stereocenters. The monoisotopic (exact) mass is 294 g/mol.